The van der Waals surface area contributed by atoms with E-state index in [1.54, 1.807) is 0 Å². The minimum Gasteiger partial charge on any atom is -0.491 e. The molecule has 1 aromatic rings. The van der Waals surface area contributed by atoms with E-state index in [0.717, 1.165) is 34.1 Å². The highest BCUT2D eigenvalue weighted by atomic mass is 79.9. The zero-order valence-corrected chi connectivity index (χ0v) is 12.9. The molecule has 92 valence electrons. The van der Waals surface area contributed by atoms with Gasteiger partial charge < -0.3 is 10.1 Å². The van der Waals surface area contributed by atoms with Crippen molar-refractivity contribution in [3.05, 3.63) is 26.6 Å². The molecule has 1 aromatic carbocycles. The molecule has 0 saturated heterocycles. The van der Waals surface area contributed by atoms with Crippen LogP contribution in [0.4, 0.5) is 0 Å². The third-order valence-corrected chi connectivity index (χ3v) is 3.33. The third kappa shape index (κ3) is 4.71. The number of nitrogens with one attached hydrogen (secondary N) is 1. The molecule has 0 amide bonds. The molecule has 0 saturated carbocycles. The molecule has 4 heteroatoms. The smallest absolute Gasteiger partial charge is 0.147 e. The molecule has 17 heavy (non-hydrogen) atoms. The first-order valence-electron chi connectivity index (χ1n) is 5.37. The Bertz CT molecular complexity index is 389. The van der Waals surface area contributed by atoms with Crippen LogP contribution in [0, 0.1) is 12.3 Å². The number of benzene rings is 1. The van der Waals surface area contributed by atoms with Crippen LogP contribution < -0.4 is 10.1 Å². The van der Waals surface area contributed by atoms with Gasteiger partial charge in [-0.05, 0) is 63.0 Å². The minimum atomic E-state index is 0.632. The number of hydrogen-bond donors (Lipinski definition) is 1. The molecule has 0 heterocycles. The molecule has 0 aliphatic heterocycles. The molecular formula is C13H15Br2NO. The maximum absolute atomic E-state index is 5.69. The lowest BCUT2D eigenvalue weighted by Gasteiger charge is -2.11. The minimum absolute atomic E-state index is 0.632. The van der Waals surface area contributed by atoms with Gasteiger partial charge in [0.2, 0.25) is 0 Å². The molecule has 0 fully saturated rings. The molecule has 0 aromatic heterocycles. The van der Waals surface area contributed by atoms with E-state index >= 15 is 0 Å². The predicted octanol–water partition coefficient (Wildman–Crippen LogP) is 3.72. The zero-order valence-electron chi connectivity index (χ0n) is 9.72. The van der Waals surface area contributed by atoms with E-state index in [9.17, 15) is 0 Å². The van der Waals surface area contributed by atoms with Gasteiger partial charge in [-0.3, -0.25) is 0 Å². The Morgan fingerprint density at radius 3 is 2.53 bits per heavy atom. The van der Waals surface area contributed by atoms with Gasteiger partial charge in [0.15, 0.2) is 0 Å². The fraction of sp³-hybridized carbons (Fsp3) is 0.385. The van der Waals surface area contributed by atoms with Crippen molar-refractivity contribution < 1.29 is 4.74 Å². The first-order valence-corrected chi connectivity index (χ1v) is 6.96. The second-order valence-electron chi connectivity index (χ2n) is 3.58. The topological polar surface area (TPSA) is 21.3 Å². The Morgan fingerprint density at radius 1 is 1.35 bits per heavy atom. The Balaban J connectivity index is 2.69. The molecule has 0 atom stereocenters. The summed E-state index contributed by atoms with van der Waals surface area (Å²) < 4.78 is 7.61. The zero-order chi connectivity index (χ0) is 12.7. The first-order chi connectivity index (χ1) is 8.19. The van der Waals surface area contributed by atoms with Crippen molar-refractivity contribution in [1.82, 2.24) is 5.32 Å². The molecule has 0 aliphatic carbocycles. The summed E-state index contributed by atoms with van der Waals surface area (Å²) in [6.07, 6.45) is 6.80. The monoisotopic (exact) mass is 359 g/mol. The summed E-state index contributed by atoms with van der Waals surface area (Å²) in [5.41, 5.74) is 1.20. The van der Waals surface area contributed by atoms with Gasteiger partial charge in [-0.15, -0.1) is 12.3 Å². The van der Waals surface area contributed by atoms with Crippen LogP contribution in [-0.2, 0) is 6.54 Å². The highest BCUT2D eigenvalue weighted by molar-refractivity contribution is 9.11. The number of unbranched alkanes of at least 4 members (excludes halogenated alkanes) is 1. The lowest BCUT2D eigenvalue weighted by molar-refractivity contribution is 0.309. The maximum Gasteiger partial charge on any atom is 0.147 e. The molecule has 0 unspecified atom stereocenters. The number of rotatable bonds is 6. The summed E-state index contributed by atoms with van der Waals surface area (Å²) in [4.78, 5) is 0. The first kappa shape index (κ1) is 14.6. The van der Waals surface area contributed by atoms with Crippen LogP contribution >= 0.6 is 31.9 Å². The van der Waals surface area contributed by atoms with Crippen LogP contribution in [0.5, 0.6) is 5.75 Å². The Labute approximate surface area is 119 Å². The van der Waals surface area contributed by atoms with Gasteiger partial charge in [0.05, 0.1) is 15.6 Å². The van der Waals surface area contributed by atoms with Crippen LogP contribution in [0.25, 0.3) is 0 Å². The van der Waals surface area contributed by atoms with Crippen LogP contribution in [-0.4, -0.2) is 13.7 Å². The largest absolute Gasteiger partial charge is 0.491 e. The van der Waals surface area contributed by atoms with Gasteiger partial charge in [0.25, 0.3) is 0 Å². The third-order valence-electron chi connectivity index (χ3n) is 2.15. The molecule has 1 rings (SSSR count). The molecular weight excluding hydrogens is 346 g/mol. The van der Waals surface area contributed by atoms with E-state index in [1.165, 1.54) is 5.56 Å². The van der Waals surface area contributed by atoms with Crippen LogP contribution in [0.2, 0.25) is 0 Å². The van der Waals surface area contributed by atoms with Gasteiger partial charge in [0, 0.05) is 13.0 Å². The number of terminal acetylenes is 1. The quantitative estimate of drug-likeness (QED) is 0.616. The van der Waals surface area contributed by atoms with Crippen molar-refractivity contribution in [3.63, 3.8) is 0 Å². The second kappa shape index (κ2) is 7.75. The van der Waals surface area contributed by atoms with Gasteiger partial charge in [-0.1, -0.05) is 0 Å². The fourth-order valence-electron chi connectivity index (χ4n) is 1.40. The van der Waals surface area contributed by atoms with Gasteiger partial charge in [0.1, 0.15) is 5.75 Å². The molecule has 2 nitrogen and oxygen atoms in total. The van der Waals surface area contributed by atoms with E-state index < -0.39 is 0 Å². The average Bonchev–Trinajstić information content (AvgIpc) is 2.27. The highest BCUT2D eigenvalue weighted by Crippen LogP contribution is 2.34. The lowest BCUT2D eigenvalue weighted by atomic mass is 10.2. The van der Waals surface area contributed by atoms with Gasteiger partial charge in [-0.2, -0.15) is 0 Å². The van der Waals surface area contributed by atoms with Crippen molar-refractivity contribution >= 4 is 31.9 Å². The van der Waals surface area contributed by atoms with Gasteiger partial charge >= 0.3 is 0 Å². The predicted molar refractivity (Wildman–Crippen MR) is 78.2 cm³/mol. The molecule has 0 aliphatic rings. The van der Waals surface area contributed by atoms with Crippen molar-refractivity contribution in [3.8, 4) is 18.1 Å². The fourth-order valence-corrected chi connectivity index (χ4v) is 2.92. The summed E-state index contributed by atoms with van der Waals surface area (Å²) >= 11 is 7.03. The van der Waals surface area contributed by atoms with E-state index in [0.29, 0.717) is 6.61 Å². The lowest BCUT2D eigenvalue weighted by Crippen LogP contribution is -2.05. The van der Waals surface area contributed by atoms with Crippen LogP contribution in [0.3, 0.4) is 0 Å². The molecule has 0 spiro atoms. The molecule has 0 bridgehead atoms. The summed E-state index contributed by atoms with van der Waals surface area (Å²) in [5, 5.41) is 3.11. The van der Waals surface area contributed by atoms with Crippen molar-refractivity contribution in [2.45, 2.75) is 19.4 Å². The SMILES string of the molecule is C#CCCCOc1c(Br)cc(CNC)cc1Br. The van der Waals surface area contributed by atoms with E-state index in [1.807, 2.05) is 7.05 Å². The molecule has 0 radical (unpaired) electrons. The van der Waals surface area contributed by atoms with Crippen molar-refractivity contribution in [2.24, 2.45) is 0 Å². The maximum atomic E-state index is 5.69. The second-order valence-corrected chi connectivity index (χ2v) is 5.28. The molecule has 1 N–H and O–H groups in total. The Hall–Kier alpha value is -0.500. The number of halogens is 2. The summed E-state index contributed by atoms with van der Waals surface area (Å²) in [6, 6.07) is 4.11. The average molecular weight is 361 g/mol. The standard InChI is InChI=1S/C13H15Br2NO/c1-3-4-5-6-17-13-11(14)7-10(9-16-2)8-12(13)15/h1,7-8,16H,4-6,9H2,2H3. The van der Waals surface area contributed by atoms with Crippen molar-refractivity contribution in [2.75, 3.05) is 13.7 Å². The highest BCUT2D eigenvalue weighted by Gasteiger charge is 2.08. The number of ether oxygens (including phenoxy) is 1. The van der Waals surface area contributed by atoms with E-state index in [4.69, 9.17) is 11.2 Å². The van der Waals surface area contributed by atoms with E-state index in [-0.39, 0.29) is 0 Å². The Kier molecular flexibility index (Phi) is 6.64. The van der Waals surface area contributed by atoms with Gasteiger partial charge in [-0.25, -0.2) is 0 Å². The van der Waals surface area contributed by atoms with E-state index in [2.05, 4.69) is 55.2 Å². The van der Waals surface area contributed by atoms with Crippen LogP contribution in [0.1, 0.15) is 18.4 Å². The van der Waals surface area contributed by atoms with Crippen LogP contribution in [0.15, 0.2) is 21.1 Å². The Morgan fingerprint density at radius 2 is 2.00 bits per heavy atom. The summed E-state index contributed by atoms with van der Waals surface area (Å²) in [7, 11) is 1.92. The summed E-state index contributed by atoms with van der Waals surface area (Å²) in [6.45, 7) is 1.46. The van der Waals surface area contributed by atoms with Crippen molar-refractivity contribution in [1.29, 1.82) is 0 Å². The summed E-state index contributed by atoms with van der Waals surface area (Å²) in [5.74, 6) is 3.43. The normalized spacial score (nSPS) is 10.0. The number of hydrogen-bond acceptors (Lipinski definition) is 2.